The normalized spacial score (nSPS) is 10.6. The number of unbranched alkanes of at least 4 members (excludes halogenated alkanes) is 12. The van der Waals surface area contributed by atoms with Crippen molar-refractivity contribution < 1.29 is 19.4 Å². The van der Waals surface area contributed by atoms with Crippen LogP contribution in [0.3, 0.4) is 0 Å². The largest absolute Gasteiger partial charge is 0.394 e. The van der Waals surface area contributed by atoms with Crippen LogP contribution in [-0.4, -0.2) is 48.8 Å². The van der Waals surface area contributed by atoms with Crippen molar-refractivity contribution in [2.75, 3.05) is 19.8 Å². The van der Waals surface area contributed by atoms with Crippen LogP contribution in [0.4, 0.5) is 0 Å². The van der Waals surface area contributed by atoms with E-state index < -0.39 is 11.9 Å². The number of aliphatic hydroxyl groups is 1. The molecule has 244 valence electrons. The number of carbonyl (C=O) groups is 2. The summed E-state index contributed by atoms with van der Waals surface area (Å²) in [6.07, 6.45) is 19.1. The van der Waals surface area contributed by atoms with Crippen LogP contribution in [0.2, 0.25) is 0 Å². The van der Waals surface area contributed by atoms with Crippen molar-refractivity contribution in [3.05, 3.63) is 0 Å². The number of ether oxygens (including phenoxy) is 1. The zero-order chi connectivity index (χ0) is 33.1. The topological polar surface area (TPSA) is 87.7 Å². The summed E-state index contributed by atoms with van der Waals surface area (Å²) in [7, 11) is 0. The third-order valence-electron chi connectivity index (χ3n) is 6.88. The standard InChI is InChI=1S/C39H54N2O4/c1-4-7-10-13-15-17-18-20-22-25-28-31-39(44)41-37(34-42)35-45-33-32-36(29-26-23-12-9-6-3)40-38(43)30-27-24-21-19-16-14-11-8-5-2/h36-37,42H,5-6,8-9,11-12,14,16,19,21,23-24,26-27,29-30,32-35H2,1-3H3,(H,40,43)(H,41,44)/t36-,37-/m0/s1. The second-order valence-electron chi connectivity index (χ2n) is 10.9. The van der Waals surface area contributed by atoms with Gasteiger partial charge in [0.25, 0.3) is 5.91 Å². The molecule has 0 spiro atoms. The van der Waals surface area contributed by atoms with E-state index in [1.165, 1.54) is 64.2 Å². The van der Waals surface area contributed by atoms with E-state index in [0.29, 0.717) is 19.4 Å². The van der Waals surface area contributed by atoms with Gasteiger partial charge in [0.1, 0.15) is 0 Å². The summed E-state index contributed by atoms with van der Waals surface area (Å²) in [5.74, 6) is 29.5. The minimum Gasteiger partial charge on any atom is -0.394 e. The van der Waals surface area contributed by atoms with E-state index >= 15 is 0 Å². The maximum absolute atomic E-state index is 12.6. The molecular formula is C39H54N2O4. The van der Waals surface area contributed by atoms with Crippen molar-refractivity contribution in [1.82, 2.24) is 10.6 Å². The van der Waals surface area contributed by atoms with Crippen LogP contribution in [0.25, 0.3) is 0 Å². The zero-order valence-electron chi connectivity index (χ0n) is 28.0. The molecule has 0 saturated carbocycles. The number of nitrogens with one attached hydrogen (secondary N) is 2. The molecular weight excluding hydrogens is 560 g/mol. The summed E-state index contributed by atoms with van der Waals surface area (Å²) in [4.78, 5) is 24.7. The molecule has 0 unspecified atom stereocenters. The summed E-state index contributed by atoms with van der Waals surface area (Å²) >= 11 is 0. The molecule has 6 nitrogen and oxygen atoms in total. The number of hydrogen-bond donors (Lipinski definition) is 3. The minimum absolute atomic E-state index is 0.0571. The molecule has 0 aromatic heterocycles. The van der Waals surface area contributed by atoms with E-state index in [1.54, 1.807) is 6.92 Å². The second kappa shape index (κ2) is 33.1. The fourth-order valence-electron chi connectivity index (χ4n) is 4.39. The lowest BCUT2D eigenvalue weighted by Crippen LogP contribution is -2.41. The molecule has 6 heteroatoms. The Hall–Kier alpha value is -3.78. The van der Waals surface area contributed by atoms with Crippen molar-refractivity contribution in [1.29, 1.82) is 0 Å². The summed E-state index contributed by atoms with van der Waals surface area (Å²) in [6.45, 7) is 6.40. The summed E-state index contributed by atoms with van der Waals surface area (Å²) in [6, 6.07) is -0.538. The maximum atomic E-state index is 12.6. The van der Waals surface area contributed by atoms with Gasteiger partial charge in [-0.3, -0.25) is 9.59 Å². The van der Waals surface area contributed by atoms with Crippen LogP contribution >= 0.6 is 0 Å². The van der Waals surface area contributed by atoms with Crippen LogP contribution in [0.15, 0.2) is 0 Å². The lowest BCUT2D eigenvalue weighted by molar-refractivity contribution is -0.122. The summed E-state index contributed by atoms with van der Waals surface area (Å²) in [5.41, 5.74) is 0. The first-order valence-corrected chi connectivity index (χ1v) is 16.8. The van der Waals surface area contributed by atoms with Gasteiger partial charge in [0.2, 0.25) is 5.91 Å². The van der Waals surface area contributed by atoms with Crippen LogP contribution < -0.4 is 10.6 Å². The number of carbonyl (C=O) groups excluding carboxylic acids is 2. The third-order valence-corrected chi connectivity index (χ3v) is 6.88. The maximum Gasteiger partial charge on any atom is 0.297 e. The molecule has 0 aliphatic carbocycles. The first-order chi connectivity index (χ1) is 22.1. The fourth-order valence-corrected chi connectivity index (χ4v) is 4.39. The van der Waals surface area contributed by atoms with Gasteiger partial charge in [-0.15, -0.1) is 0 Å². The molecule has 0 fully saturated rings. The monoisotopic (exact) mass is 614 g/mol. The predicted octanol–water partition coefficient (Wildman–Crippen LogP) is 5.68. The Labute approximate surface area is 274 Å². The van der Waals surface area contributed by atoms with E-state index in [0.717, 1.165) is 32.1 Å². The van der Waals surface area contributed by atoms with Crippen molar-refractivity contribution in [3.8, 4) is 71.0 Å². The van der Waals surface area contributed by atoms with Crippen LogP contribution in [-0.2, 0) is 14.3 Å². The smallest absolute Gasteiger partial charge is 0.297 e. The van der Waals surface area contributed by atoms with Gasteiger partial charge in [0, 0.05) is 25.0 Å². The molecule has 2 atom stereocenters. The molecule has 45 heavy (non-hydrogen) atoms. The first kappa shape index (κ1) is 41.2. The van der Waals surface area contributed by atoms with Gasteiger partial charge >= 0.3 is 0 Å². The summed E-state index contributed by atoms with van der Waals surface area (Å²) < 4.78 is 5.77. The van der Waals surface area contributed by atoms with Crippen LogP contribution in [0.5, 0.6) is 0 Å². The molecule has 0 aliphatic heterocycles. The lowest BCUT2D eigenvalue weighted by atomic mass is 10.0. The molecule has 2 amide bonds. The molecule has 0 aromatic carbocycles. The third kappa shape index (κ3) is 30.0. The van der Waals surface area contributed by atoms with Crippen molar-refractivity contribution in [3.63, 3.8) is 0 Å². The predicted molar refractivity (Wildman–Crippen MR) is 184 cm³/mol. The highest BCUT2D eigenvalue weighted by Crippen LogP contribution is 2.12. The number of aliphatic hydroxyl groups excluding tert-OH is 1. The molecule has 0 heterocycles. The average Bonchev–Trinajstić information content (AvgIpc) is 3.03. The Morgan fingerprint density at radius 2 is 1.13 bits per heavy atom. The van der Waals surface area contributed by atoms with Gasteiger partial charge in [-0.25, -0.2) is 0 Å². The SMILES string of the molecule is CC#CC#CC#CC#CC#CC#CC(=O)N[C@@H](CO)COCC[C@H](CCCCCCC)NC(=O)CCCCCCCCCCC. The van der Waals surface area contributed by atoms with Gasteiger partial charge in [0.05, 0.1) is 19.3 Å². The van der Waals surface area contributed by atoms with E-state index in [4.69, 9.17) is 4.74 Å². The van der Waals surface area contributed by atoms with Gasteiger partial charge < -0.3 is 20.5 Å². The van der Waals surface area contributed by atoms with Gasteiger partial charge in [0.15, 0.2) is 0 Å². The molecule has 0 bridgehead atoms. The van der Waals surface area contributed by atoms with E-state index in [2.05, 4.69) is 95.5 Å². The van der Waals surface area contributed by atoms with Crippen molar-refractivity contribution in [2.45, 2.75) is 142 Å². The van der Waals surface area contributed by atoms with Gasteiger partial charge in [-0.1, -0.05) is 103 Å². The van der Waals surface area contributed by atoms with Crippen LogP contribution in [0.1, 0.15) is 130 Å². The Balaban J connectivity index is 4.53. The highest BCUT2D eigenvalue weighted by molar-refractivity contribution is 5.94. The van der Waals surface area contributed by atoms with Crippen molar-refractivity contribution in [2.24, 2.45) is 0 Å². The molecule has 0 radical (unpaired) electrons. The molecule has 0 saturated heterocycles. The van der Waals surface area contributed by atoms with Gasteiger partial charge in [-0.05, 0) is 85.4 Å². The molecule has 0 rings (SSSR count). The number of hydrogen-bond acceptors (Lipinski definition) is 4. The van der Waals surface area contributed by atoms with E-state index in [1.807, 2.05) is 0 Å². The fraction of sp³-hybridized carbons (Fsp3) is 0.641. The Morgan fingerprint density at radius 1 is 0.622 bits per heavy atom. The van der Waals surface area contributed by atoms with Gasteiger partial charge in [-0.2, -0.15) is 0 Å². The lowest BCUT2D eigenvalue weighted by Gasteiger charge is -2.20. The quantitative estimate of drug-likeness (QED) is 0.0965. The van der Waals surface area contributed by atoms with Crippen LogP contribution in [0, 0.1) is 71.0 Å². The second-order valence-corrected chi connectivity index (χ2v) is 10.9. The summed E-state index contributed by atoms with van der Waals surface area (Å²) in [5, 5.41) is 15.5. The average molecular weight is 615 g/mol. The highest BCUT2D eigenvalue weighted by atomic mass is 16.5. The number of rotatable bonds is 24. The van der Waals surface area contributed by atoms with E-state index in [-0.39, 0.29) is 25.2 Å². The number of amides is 2. The molecule has 0 aromatic rings. The zero-order valence-corrected chi connectivity index (χ0v) is 28.0. The molecule has 0 aliphatic rings. The minimum atomic E-state index is -0.595. The Bertz CT molecular complexity index is 1190. The Kier molecular flexibility index (Phi) is 30.3. The molecule has 3 N–H and O–H groups in total. The highest BCUT2D eigenvalue weighted by Gasteiger charge is 2.14. The first-order valence-electron chi connectivity index (χ1n) is 16.8. The Morgan fingerprint density at radius 3 is 1.69 bits per heavy atom. The van der Waals surface area contributed by atoms with E-state index in [9.17, 15) is 14.7 Å². The van der Waals surface area contributed by atoms with Crippen molar-refractivity contribution >= 4 is 11.8 Å².